The summed E-state index contributed by atoms with van der Waals surface area (Å²) in [5.74, 6) is -0.321. The number of aromatic nitrogens is 1. The molecule has 8 nitrogen and oxygen atoms in total. The van der Waals surface area contributed by atoms with Gasteiger partial charge in [0.1, 0.15) is 0 Å². The van der Waals surface area contributed by atoms with Crippen molar-refractivity contribution in [2.75, 3.05) is 44.6 Å². The van der Waals surface area contributed by atoms with E-state index < -0.39 is 0 Å². The van der Waals surface area contributed by atoms with Crippen molar-refractivity contribution in [2.24, 2.45) is 0 Å². The number of unbranched alkanes of at least 4 members (excludes halogenated alkanes) is 1. The number of rotatable bonds is 8. The van der Waals surface area contributed by atoms with Crippen LogP contribution >= 0.6 is 0 Å². The summed E-state index contributed by atoms with van der Waals surface area (Å²) in [6, 6.07) is 10.3. The molecule has 1 aromatic heterocycles. The SMILES string of the molecule is CCCCNC(=O)CN1CCN(C(=O)c2cccc(NC(=O)c3cccnc3)c2)CC1. The first-order valence-corrected chi connectivity index (χ1v) is 10.7. The van der Waals surface area contributed by atoms with E-state index in [1.807, 2.05) is 0 Å². The number of piperazine rings is 1. The monoisotopic (exact) mass is 423 g/mol. The summed E-state index contributed by atoms with van der Waals surface area (Å²) in [5, 5.41) is 5.73. The lowest BCUT2D eigenvalue weighted by Crippen LogP contribution is -2.51. The zero-order chi connectivity index (χ0) is 22.1. The number of nitrogens with one attached hydrogen (secondary N) is 2. The standard InChI is InChI=1S/C23H29N5O3/c1-2-3-10-25-21(29)17-27-11-13-28(14-12-27)23(31)18-6-4-8-20(15-18)26-22(30)19-7-5-9-24-16-19/h4-9,15-16H,2-3,10-14,17H2,1H3,(H,25,29)(H,26,30). The van der Waals surface area contributed by atoms with Crippen LogP contribution in [0.4, 0.5) is 5.69 Å². The van der Waals surface area contributed by atoms with Crippen LogP contribution in [0.3, 0.4) is 0 Å². The van der Waals surface area contributed by atoms with Crippen LogP contribution in [-0.4, -0.2) is 71.8 Å². The van der Waals surface area contributed by atoms with E-state index in [0.29, 0.717) is 56.1 Å². The molecule has 3 amide bonds. The number of amides is 3. The maximum absolute atomic E-state index is 12.9. The van der Waals surface area contributed by atoms with Crippen LogP contribution in [0, 0.1) is 0 Å². The molecule has 0 radical (unpaired) electrons. The van der Waals surface area contributed by atoms with Crippen molar-refractivity contribution in [3.05, 3.63) is 59.9 Å². The number of carbonyl (C=O) groups is 3. The first-order chi connectivity index (χ1) is 15.1. The van der Waals surface area contributed by atoms with Crippen molar-refractivity contribution in [3.63, 3.8) is 0 Å². The number of benzene rings is 1. The highest BCUT2D eigenvalue weighted by Crippen LogP contribution is 2.15. The van der Waals surface area contributed by atoms with Crippen LogP contribution in [0.5, 0.6) is 0 Å². The van der Waals surface area contributed by atoms with Gasteiger partial charge in [-0.25, -0.2) is 0 Å². The Balaban J connectivity index is 1.51. The molecular weight excluding hydrogens is 394 g/mol. The summed E-state index contributed by atoms with van der Waals surface area (Å²) < 4.78 is 0. The van der Waals surface area contributed by atoms with Crippen LogP contribution in [0.2, 0.25) is 0 Å². The number of nitrogens with zero attached hydrogens (tertiary/aromatic N) is 3. The molecule has 0 aliphatic carbocycles. The molecule has 2 heterocycles. The fourth-order valence-corrected chi connectivity index (χ4v) is 3.39. The zero-order valence-electron chi connectivity index (χ0n) is 17.8. The van der Waals surface area contributed by atoms with E-state index in [1.54, 1.807) is 47.5 Å². The van der Waals surface area contributed by atoms with Gasteiger partial charge >= 0.3 is 0 Å². The summed E-state index contributed by atoms with van der Waals surface area (Å²) in [6.07, 6.45) is 5.13. The topological polar surface area (TPSA) is 94.6 Å². The molecule has 1 aliphatic heterocycles. The number of anilines is 1. The molecule has 0 atom stereocenters. The Morgan fingerprint density at radius 2 is 1.81 bits per heavy atom. The molecule has 1 aromatic carbocycles. The highest BCUT2D eigenvalue weighted by Gasteiger charge is 2.23. The van der Waals surface area contributed by atoms with Gasteiger partial charge in [-0.1, -0.05) is 19.4 Å². The van der Waals surface area contributed by atoms with Gasteiger partial charge in [-0.05, 0) is 36.8 Å². The van der Waals surface area contributed by atoms with E-state index in [1.165, 1.54) is 6.20 Å². The maximum atomic E-state index is 12.9. The number of hydrogen-bond donors (Lipinski definition) is 2. The second-order valence-corrected chi connectivity index (χ2v) is 7.55. The Bertz CT molecular complexity index is 895. The Morgan fingerprint density at radius 1 is 1.03 bits per heavy atom. The third kappa shape index (κ3) is 6.62. The quantitative estimate of drug-likeness (QED) is 0.634. The molecule has 0 unspecified atom stereocenters. The lowest BCUT2D eigenvalue weighted by molar-refractivity contribution is -0.122. The Labute approximate surface area is 182 Å². The molecule has 31 heavy (non-hydrogen) atoms. The van der Waals surface area contributed by atoms with Gasteiger partial charge in [-0.3, -0.25) is 24.3 Å². The van der Waals surface area contributed by atoms with E-state index in [0.717, 1.165) is 12.8 Å². The predicted octanol–water partition coefficient (Wildman–Crippen LogP) is 2.01. The minimum Gasteiger partial charge on any atom is -0.355 e. The summed E-state index contributed by atoms with van der Waals surface area (Å²) in [7, 11) is 0. The first-order valence-electron chi connectivity index (χ1n) is 10.7. The minimum absolute atomic E-state index is 0.0327. The molecule has 0 spiro atoms. The van der Waals surface area contributed by atoms with Crippen molar-refractivity contribution in [2.45, 2.75) is 19.8 Å². The third-order valence-corrected chi connectivity index (χ3v) is 5.17. The fourth-order valence-electron chi connectivity index (χ4n) is 3.39. The van der Waals surface area contributed by atoms with Crippen LogP contribution in [-0.2, 0) is 4.79 Å². The first kappa shape index (κ1) is 22.4. The predicted molar refractivity (Wildman–Crippen MR) is 119 cm³/mol. The zero-order valence-corrected chi connectivity index (χ0v) is 17.8. The van der Waals surface area contributed by atoms with Crippen LogP contribution in [0.1, 0.15) is 40.5 Å². The number of carbonyl (C=O) groups excluding carboxylic acids is 3. The minimum atomic E-state index is -0.275. The molecule has 1 fully saturated rings. The molecular formula is C23H29N5O3. The van der Waals surface area contributed by atoms with Gasteiger partial charge in [0.05, 0.1) is 12.1 Å². The van der Waals surface area contributed by atoms with Crippen molar-refractivity contribution < 1.29 is 14.4 Å². The van der Waals surface area contributed by atoms with Gasteiger partial charge in [0, 0.05) is 56.4 Å². The van der Waals surface area contributed by atoms with Gasteiger partial charge in [0.2, 0.25) is 5.91 Å². The third-order valence-electron chi connectivity index (χ3n) is 5.17. The highest BCUT2D eigenvalue weighted by molar-refractivity contribution is 6.04. The smallest absolute Gasteiger partial charge is 0.257 e. The van der Waals surface area contributed by atoms with Gasteiger partial charge in [0.25, 0.3) is 11.8 Å². The van der Waals surface area contributed by atoms with Gasteiger partial charge in [0.15, 0.2) is 0 Å². The molecule has 2 N–H and O–H groups in total. The second-order valence-electron chi connectivity index (χ2n) is 7.55. The fraction of sp³-hybridized carbons (Fsp3) is 0.391. The summed E-state index contributed by atoms with van der Waals surface area (Å²) in [6.45, 7) is 5.60. The summed E-state index contributed by atoms with van der Waals surface area (Å²) >= 11 is 0. The van der Waals surface area contributed by atoms with Gasteiger partial charge < -0.3 is 15.5 Å². The molecule has 0 saturated carbocycles. The lowest BCUT2D eigenvalue weighted by atomic mass is 10.1. The van der Waals surface area contributed by atoms with Crippen molar-refractivity contribution in [3.8, 4) is 0 Å². The lowest BCUT2D eigenvalue weighted by Gasteiger charge is -2.34. The van der Waals surface area contributed by atoms with Crippen LogP contribution in [0.25, 0.3) is 0 Å². The van der Waals surface area contributed by atoms with Crippen LogP contribution in [0.15, 0.2) is 48.8 Å². The Kier molecular flexibility index (Phi) is 8.12. The largest absolute Gasteiger partial charge is 0.355 e. The van der Waals surface area contributed by atoms with E-state index >= 15 is 0 Å². The molecule has 0 bridgehead atoms. The van der Waals surface area contributed by atoms with E-state index in [2.05, 4.69) is 27.4 Å². The van der Waals surface area contributed by atoms with Crippen molar-refractivity contribution in [1.29, 1.82) is 0 Å². The van der Waals surface area contributed by atoms with Gasteiger partial charge in [-0.15, -0.1) is 0 Å². The normalized spacial score (nSPS) is 14.2. The van der Waals surface area contributed by atoms with E-state index in [9.17, 15) is 14.4 Å². The average molecular weight is 424 g/mol. The molecule has 2 aromatic rings. The Morgan fingerprint density at radius 3 is 2.52 bits per heavy atom. The highest BCUT2D eigenvalue weighted by atomic mass is 16.2. The summed E-state index contributed by atoms with van der Waals surface area (Å²) in [4.78, 5) is 45.0. The van der Waals surface area contributed by atoms with Crippen LogP contribution < -0.4 is 10.6 Å². The molecule has 8 heteroatoms. The molecule has 1 saturated heterocycles. The average Bonchev–Trinajstić information content (AvgIpc) is 2.80. The Hall–Kier alpha value is -3.26. The number of pyridine rings is 1. The molecule has 1 aliphatic rings. The summed E-state index contributed by atoms with van der Waals surface area (Å²) in [5.41, 5.74) is 1.53. The second kappa shape index (κ2) is 11.2. The van der Waals surface area contributed by atoms with Crippen molar-refractivity contribution in [1.82, 2.24) is 20.1 Å². The number of hydrogen-bond acceptors (Lipinski definition) is 5. The maximum Gasteiger partial charge on any atom is 0.257 e. The van der Waals surface area contributed by atoms with Crippen molar-refractivity contribution >= 4 is 23.4 Å². The van der Waals surface area contributed by atoms with E-state index in [4.69, 9.17) is 0 Å². The molecule has 3 rings (SSSR count). The molecule has 164 valence electrons. The van der Waals surface area contributed by atoms with Gasteiger partial charge in [-0.2, -0.15) is 0 Å². The van der Waals surface area contributed by atoms with E-state index in [-0.39, 0.29) is 17.7 Å².